The average Bonchev–Trinajstić information content (AvgIpc) is 2.58. The van der Waals surface area contributed by atoms with Crippen molar-refractivity contribution in [1.29, 1.82) is 0 Å². The normalized spacial score (nSPS) is 23.9. The average molecular weight is 284 g/mol. The molecule has 3 nitrogen and oxygen atoms in total. The molecule has 0 radical (unpaired) electrons. The van der Waals surface area contributed by atoms with Crippen molar-refractivity contribution in [2.24, 2.45) is 0 Å². The lowest BCUT2D eigenvalue weighted by atomic mass is 10.1. The second kappa shape index (κ2) is 7.13. The van der Waals surface area contributed by atoms with E-state index in [2.05, 4.69) is 5.32 Å². The van der Waals surface area contributed by atoms with E-state index in [1.165, 1.54) is 6.42 Å². The van der Waals surface area contributed by atoms with Crippen LogP contribution in [-0.2, 0) is 6.54 Å². The van der Waals surface area contributed by atoms with Gasteiger partial charge in [-0.15, -0.1) is 0 Å². The van der Waals surface area contributed by atoms with Crippen LogP contribution in [0.15, 0.2) is 18.2 Å². The highest BCUT2D eigenvalue weighted by Crippen LogP contribution is 2.29. The number of aliphatic hydroxyl groups excluding tert-OH is 1. The number of benzene rings is 1. The Labute approximate surface area is 119 Å². The quantitative estimate of drug-likeness (QED) is 0.834. The van der Waals surface area contributed by atoms with E-state index in [1.807, 2.05) is 25.2 Å². The summed E-state index contributed by atoms with van der Waals surface area (Å²) in [5.74, 6) is 0.674. The van der Waals surface area contributed by atoms with Crippen molar-refractivity contribution >= 4 is 11.6 Å². The molecule has 4 heteroatoms. The molecule has 0 bridgehead atoms. The van der Waals surface area contributed by atoms with Crippen molar-refractivity contribution in [2.75, 3.05) is 7.05 Å². The highest BCUT2D eigenvalue weighted by atomic mass is 35.5. The minimum Gasteiger partial charge on any atom is -0.486 e. The van der Waals surface area contributed by atoms with Gasteiger partial charge in [0.1, 0.15) is 11.9 Å². The van der Waals surface area contributed by atoms with Crippen LogP contribution in [-0.4, -0.2) is 24.4 Å². The summed E-state index contributed by atoms with van der Waals surface area (Å²) in [5, 5.41) is 13.8. The lowest BCUT2D eigenvalue weighted by molar-refractivity contribution is 0.0320. The van der Waals surface area contributed by atoms with Crippen molar-refractivity contribution in [3.8, 4) is 5.75 Å². The second-order valence-corrected chi connectivity index (χ2v) is 5.56. The molecule has 19 heavy (non-hydrogen) atoms. The molecule has 0 aromatic heterocycles. The number of hydrogen-bond acceptors (Lipinski definition) is 3. The molecule has 1 aliphatic rings. The van der Waals surface area contributed by atoms with Gasteiger partial charge >= 0.3 is 0 Å². The Morgan fingerprint density at radius 2 is 2.11 bits per heavy atom. The fourth-order valence-electron chi connectivity index (χ4n) is 2.51. The van der Waals surface area contributed by atoms with Gasteiger partial charge in [0.25, 0.3) is 0 Å². The van der Waals surface area contributed by atoms with Gasteiger partial charge < -0.3 is 15.2 Å². The third-order valence-corrected chi connectivity index (χ3v) is 3.87. The zero-order valence-corrected chi connectivity index (χ0v) is 12.1. The summed E-state index contributed by atoms with van der Waals surface area (Å²) >= 11 is 6.24. The van der Waals surface area contributed by atoms with Gasteiger partial charge in [0.05, 0.1) is 11.1 Å². The predicted octanol–water partition coefficient (Wildman–Crippen LogP) is 3.13. The molecule has 1 saturated carbocycles. The minimum absolute atomic E-state index is 0.129. The second-order valence-electron chi connectivity index (χ2n) is 5.16. The van der Waals surface area contributed by atoms with Crippen LogP contribution in [0.2, 0.25) is 5.02 Å². The first-order valence-electron chi connectivity index (χ1n) is 6.98. The molecule has 1 fully saturated rings. The maximum Gasteiger partial charge on any atom is 0.138 e. The van der Waals surface area contributed by atoms with Crippen LogP contribution < -0.4 is 10.1 Å². The van der Waals surface area contributed by atoms with Gasteiger partial charge in [-0.3, -0.25) is 0 Å². The van der Waals surface area contributed by atoms with Gasteiger partial charge in [0, 0.05) is 6.54 Å². The van der Waals surface area contributed by atoms with E-state index in [4.69, 9.17) is 16.3 Å². The van der Waals surface area contributed by atoms with E-state index in [-0.39, 0.29) is 12.2 Å². The summed E-state index contributed by atoms with van der Waals surface area (Å²) in [5.41, 5.74) is 1.13. The van der Waals surface area contributed by atoms with Crippen LogP contribution in [0.4, 0.5) is 0 Å². The molecule has 0 heterocycles. The molecule has 1 aliphatic carbocycles. The van der Waals surface area contributed by atoms with Crippen LogP contribution in [0.5, 0.6) is 5.75 Å². The van der Waals surface area contributed by atoms with E-state index in [9.17, 15) is 5.11 Å². The molecule has 1 aromatic rings. The van der Waals surface area contributed by atoms with Crippen molar-refractivity contribution in [3.63, 3.8) is 0 Å². The number of rotatable bonds is 4. The van der Waals surface area contributed by atoms with Gasteiger partial charge in [0.2, 0.25) is 0 Å². The Bertz CT molecular complexity index is 411. The van der Waals surface area contributed by atoms with Gasteiger partial charge in [-0.25, -0.2) is 0 Å². The highest BCUT2D eigenvalue weighted by Gasteiger charge is 2.23. The van der Waals surface area contributed by atoms with Gasteiger partial charge in [-0.05, 0) is 44.0 Å². The zero-order valence-electron chi connectivity index (χ0n) is 11.4. The van der Waals surface area contributed by atoms with E-state index < -0.39 is 0 Å². The van der Waals surface area contributed by atoms with Crippen LogP contribution >= 0.6 is 11.6 Å². The first-order chi connectivity index (χ1) is 9.20. The van der Waals surface area contributed by atoms with E-state index in [1.54, 1.807) is 0 Å². The lowest BCUT2D eigenvalue weighted by Crippen LogP contribution is -2.30. The summed E-state index contributed by atoms with van der Waals surface area (Å²) in [6.45, 7) is 0.784. The molecule has 2 atom stereocenters. The number of hydrogen-bond donors (Lipinski definition) is 2. The Morgan fingerprint density at radius 1 is 1.32 bits per heavy atom. The van der Waals surface area contributed by atoms with Crippen molar-refractivity contribution in [1.82, 2.24) is 5.32 Å². The smallest absolute Gasteiger partial charge is 0.138 e. The van der Waals surface area contributed by atoms with Crippen LogP contribution in [0.3, 0.4) is 0 Å². The van der Waals surface area contributed by atoms with Crippen molar-refractivity contribution in [2.45, 2.75) is 50.9 Å². The maximum atomic E-state index is 10.1. The highest BCUT2D eigenvalue weighted by molar-refractivity contribution is 6.32. The third kappa shape index (κ3) is 4.10. The standard InChI is InChI=1S/C15H22ClNO2/c1-17-10-11-7-8-14(12(16)9-11)19-15-6-4-2-3-5-13(15)18/h7-9,13,15,17-18H,2-6,10H2,1H3. The molecule has 106 valence electrons. The Hall–Kier alpha value is -0.770. The summed E-state index contributed by atoms with van der Waals surface area (Å²) in [7, 11) is 1.90. The molecular formula is C15H22ClNO2. The summed E-state index contributed by atoms with van der Waals surface area (Å²) in [6, 6.07) is 5.81. The maximum absolute atomic E-state index is 10.1. The topological polar surface area (TPSA) is 41.5 Å². The van der Waals surface area contributed by atoms with Crippen molar-refractivity contribution in [3.05, 3.63) is 28.8 Å². The van der Waals surface area contributed by atoms with E-state index in [0.717, 1.165) is 37.8 Å². The molecule has 0 saturated heterocycles. The number of nitrogens with one attached hydrogen (secondary N) is 1. The zero-order chi connectivity index (χ0) is 13.7. The Kier molecular flexibility index (Phi) is 5.49. The molecule has 1 aromatic carbocycles. The summed E-state index contributed by atoms with van der Waals surface area (Å²) in [6.07, 6.45) is 4.57. The van der Waals surface area contributed by atoms with Crippen molar-refractivity contribution < 1.29 is 9.84 Å². The van der Waals surface area contributed by atoms with Crippen LogP contribution in [0.1, 0.15) is 37.7 Å². The first kappa shape index (κ1) is 14.6. The molecular weight excluding hydrogens is 262 g/mol. The van der Waals surface area contributed by atoms with Crippen LogP contribution in [0, 0.1) is 0 Å². The first-order valence-corrected chi connectivity index (χ1v) is 7.36. The predicted molar refractivity (Wildman–Crippen MR) is 77.7 cm³/mol. The Morgan fingerprint density at radius 3 is 2.84 bits per heavy atom. The Balaban J connectivity index is 2.05. The molecule has 0 aliphatic heterocycles. The van der Waals surface area contributed by atoms with Gasteiger partial charge in [-0.2, -0.15) is 0 Å². The lowest BCUT2D eigenvalue weighted by Gasteiger charge is -2.22. The molecule has 2 rings (SSSR count). The van der Waals surface area contributed by atoms with E-state index in [0.29, 0.717) is 10.8 Å². The third-order valence-electron chi connectivity index (χ3n) is 3.57. The van der Waals surface area contributed by atoms with Crippen LogP contribution in [0.25, 0.3) is 0 Å². The monoisotopic (exact) mass is 283 g/mol. The largest absolute Gasteiger partial charge is 0.486 e. The summed E-state index contributed by atoms with van der Waals surface area (Å²) in [4.78, 5) is 0. The fourth-order valence-corrected chi connectivity index (χ4v) is 2.76. The molecule has 2 N–H and O–H groups in total. The summed E-state index contributed by atoms with van der Waals surface area (Å²) < 4.78 is 5.91. The minimum atomic E-state index is -0.379. The van der Waals surface area contributed by atoms with Gasteiger partial charge in [-0.1, -0.05) is 30.5 Å². The van der Waals surface area contributed by atoms with Gasteiger partial charge in [0.15, 0.2) is 0 Å². The number of aliphatic hydroxyl groups is 1. The number of ether oxygens (including phenoxy) is 1. The molecule has 2 unspecified atom stereocenters. The molecule has 0 spiro atoms. The fraction of sp³-hybridized carbons (Fsp3) is 0.600. The van der Waals surface area contributed by atoms with E-state index >= 15 is 0 Å². The SMILES string of the molecule is CNCc1ccc(OC2CCCCCC2O)c(Cl)c1. The molecule has 0 amide bonds. The number of halogens is 1.